The molecule has 0 saturated carbocycles. The predicted molar refractivity (Wildman–Crippen MR) is 115 cm³/mol. The van der Waals surface area contributed by atoms with Crippen molar-refractivity contribution >= 4 is 5.96 Å². The fraction of sp³-hybridized carbons (Fsp3) is 0.545. The molecule has 1 aliphatic heterocycles. The number of guanidine groups is 1. The number of nitrogens with zero attached hydrogens (tertiary/aromatic N) is 3. The molecule has 1 aromatic heterocycles. The van der Waals surface area contributed by atoms with Crippen LogP contribution in [-0.2, 0) is 6.54 Å². The number of nitrogens with one attached hydrogen (secondary N) is 2. The van der Waals surface area contributed by atoms with Gasteiger partial charge in [-0.25, -0.2) is 4.98 Å². The molecule has 0 atom stereocenters. The van der Waals surface area contributed by atoms with E-state index < -0.39 is 0 Å². The fourth-order valence-electron chi connectivity index (χ4n) is 3.46. The quantitative estimate of drug-likeness (QED) is 0.404. The van der Waals surface area contributed by atoms with Gasteiger partial charge in [0.2, 0.25) is 5.89 Å². The van der Waals surface area contributed by atoms with Crippen LogP contribution in [0.2, 0.25) is 0 Å². The number of rotatable bonds is 8. The molecule has 0 amide bonds. The monoisotopic (exact) mass is 399 g/mol. The number of ether oxygens (including phenoxy) is 1. The number of oxazole rings is 1. The first-order chi connectivity index (χ1) is 14.1. The van der Waals surface area contributed by atoms with E-state index in [4.69, 9.17) is 9.15 Å². The Kier molecular flexibility index (Phi) is 7.93. The number of benzene rings is 1. The van der Waals surface area contributed by atoms with Crippen molar-refractivity contribution in [3.05, 3.63) is 47.7 Å². The van der Waals surface area contributed by atoms with Crippen molar-refractivity contribution in [3.63, 3.8) is 0 Å². The predicted octanol–water partition coefficient (Wildman–Crippen LogP) is 2.75. The van der Waals surface area contributed by atoms with Crippen LogP contribution in [0.5, 0.6) is 5.75 Å². The van der Waals surface area contributed by atoms with E-state index in [2.05, 4.69) is 25.5 Å². The molecule has 1 aromatic carbocycles. The van der Waals surface area contributed by atoms with Gasteiger partial charge >= 0.3 is 0 Å². The van der Waals surface area contributed by atoms with E-state index in [1.54, 1.807) is 7.05 Å². The Balaban J connectivity index is 1.30. The van der Waals surface area contributed by atoms with Gasteiger partial charge in [0.25, 0.3) is 0 Å². The van der Waals surface area contributed by atoms with Gasteiger partial charge in [-0.2, -0.15) is 0 Å². The number of para-hydroxylation sites is 1. The highest BCUT2D eigenvalue weighted by molar-refractivity contribution is 5.79. The number of piperidine rings is 1. The second-order valence-corrected chi connectivity index (χ2v) is 7.51. The van der Waals surface area contributed by atoms with Gasteiger partial charge in [0.1, 0.15) is 18.1 Å². The number of aryl methyl sites for hydroxylation is 2. The summed E-state index contributed by atoms with van der Waals surface area (Å²) in [5.74, 6) is 4.12. The maximum absolute atomic E-state index is 5.71. The first kappa shape index (κ1) is 21.2. The Bertz CT molecular complexity index is 747. The van der Waals surface area contributed by atoms with Crippen molar-refractivity contribution in [1.82, 2.24) is 20.5 Å². The third-order valence-corrected chi connectivity index (χ3v) is 5.33. The lowest BCUT2D eigenvalue weighted by atomic mass is 9.97. The zero-order chi connectivity index (χ0) is 20.5. The molecule has 2 N–H and O–H groups in total. The number of aliphatic imine (C=N–C) groups is 1. The topological polar surface area (TPSA) is 74.9 Å². The lowest BCUT2D eigenvalue weighted by Crippen LogP contribution is -2.43. The zero-order valence-corrected chi connectivity index (χ0v) is 17.8. The minimum atomic E-state index is 0.600. The summed E-state index contributed by atoms with van der Waals surface area (Å²) in [5.41, 5.74) is 0.993. The van der Waals surface area contributed by atoms with Crippen LogP contribution in [0.1, 0.15) is 30.2 Å². The highest BCUT2D eigenvalue weighted by atomic mass is 16.5. The molecule has 0 radical (unpaired) electrons. The largest absolute Gasteiger partial charge is 0.492 e. The summed E-state index contributed by atoms with van der Waals surface area (Å²) in [6.45, 7) is 9.16. The third-order valence-electron chi connectivity index (χ3n) is 5.33. The van der Waals surface area contributed by atoms with Crippen LogP contribution in [0.25, 0.3) is 0 Å². The number of aromatic nitrogens is 1. The highest BCUT2D eigenvalue weighted by Crippen LogP contribution is 2.19. The van der Waals surface area contributed by atoms with Gasteiger partial charge in [-0.3, -0.25) is 9.89 Å². The normalized spacial score (nSPS) is 16.0. The molecule has 158 valence electrons. The molecular formula is C22H33N5O2. The second kappa shape index (κ2) is 10.9. The lowest BCUT2D eigenvalue weighted by Gasteiger charge is -2.31. The van der Waals surface area contributed by atoms with Gasteiger partial charge in [-0.15, -0.1) is 0 Å². The molecule has 2 aromatic rings. The maximum Gasteiger partial charge on any atom is 0.208 e. The molecule has 1 fully saturated rings. The van der Waals surface area contributed by atoms with Crippen LogP contribution in [-0.4, -0.2) is 55.7 Å². The van der Waals surface area contributed by atoms with Crippen LogP contribution in [0, 0.1) is 19.8 Å². The molecule has 0 spiro atoms. The minimum absolute atomic E-state index is 0.600. The Morgan fingerprint density at radius 1 is 1.21 bits per heavy atom. The van der Waals surface area contributed by atoms with Crippen molar-refractivity contribution in [3.8, 4) is 5.75 Å². The minimum Gasteiger partial charge on any atom is -0.492 e. The van der Waals surface area contributed by atoms with E-state index >= 15 is 0 Å². The van der Waals surface area contributed by atoms with Gasteiger partial charge in [0.15, 0.2) is 5.96 Å². The van der Waals surface area contributed by atoms with E-state index in [9.17, 15) is 0 Å². The number of hydrogen-bond acceptors (Lipinski definition) is 5. The van der Waals surface area contributed by atoms with Crippen LogP contribution >= 0.6 is 0 Å². The van der Waals surface area contributed by atoms with Gasteiger partial charge in [0, 0.05) is 13.6 Å². The summed E-state index contributed by atoms with van der Waals surface area (Å²) in [6.07, 6.45) is 2.33. The van der Waals surface area contributed by atoms with Crippen molar-refractivity contribution < 1.29 is 9.15 Å². The van der Waals surface area contributed by atoms with Gasteiger partial charge in [-0.1, -0.05) is 18.2 Å². The Hall–Kier alpha value is -2.54. The molecule has 29 heavy (non-hydrogen) atoms. The van der Waals surface area contributed by atoms with E-state index in [-0.39, 0.29) is 0 Å². The zero-order valence-electron chi connectivity index (χ0n) is 17.8. The summed E-state index contributed by atoms with van der Waals surface area (Å²) in [4.78, 5) is 11.2. The molecule has 1 saturated heterocycles. The average molecular weight is 400 g/mol. The summed E-state index contributed by atoms with van der Waals surface area (Å²) >= 11 is 0. The molecule has 0 bridgehead atoms. The lowest BCUT2D eigenvalue weighted by molar-refractivity contribution is 0.164. The fourth-order valence-corrected chi connectivity index (χ4v) is 3.46. The molecule has 2 heterocycles. The third kappa shape index (κ3) is 6.78. The Labute approximate surface area is 173 Å². The van der Waals surface area contributed by atoms with Crippen molar-refractivity contribution in [1.29, 1.82) is 0 Å². The SMILES string of the molecule is CN=C(NCCOc1ccccc1)NCC1CCN(Cc2nc(C)c(C)o2)CC1. The molecule has 0 unspecified atom stereocenters. The molecule has 7 heteroatoms. The summed E-state index contributed by atoms with van der Waals surface area (Å²) in [5, 5.41) is 6.76. The number of likely N-dealkylation sites (tertiary alicyclic amines) is 1. The van der Waals surface area contributed by atoms with E-state index in [0.29, 0.717) is 19.1 Å². The van der Waals surface area contributed by atoms with Crippen LogP contribution < -0.4 is 15.4 Å². The van der Waals surface area contributed by atoms with Crippen LogP contribution in [0.3, 0.4) is 0 Å². The standard InChI is InChI=1S/C22H33N5O2/c1-17-18(2)29-21(26-17)16-27-12-9-19(10-13-27)15-25-22(23-3)24-11-14-28-20-7-5-4-6-8-20/h4-8,19H,9-16H2,1-3H3,(H2,23,24,25). The maximum atomic E-state index is 5.71. The first-order valence-electron chi connectivity index (χ1n) is 10.4. The van der Waals surface area contributed by atoms with E-state index in [1.807, 2.05) is 44.2 Å². The van der Waals surface area contributed by atoms with Gasteiger partial charge in [0.05, 0.1) is 18.8 Å². The molecule has 7 nitrogen and oxygen atoms in total. The molecule has 1 aliphatic rings. The molecular weight excluding hydrogens is 366 g/mol. The Morgan fingerprint density at radius 3 is 2.62 bits per heavy atom. The Morgan fingerprint density at radius 2 is 1.97 bits per heavy atom. The van der Waals surface area contributed by atoms with E-state index in [0.717, 1.165) is 55.2 Å². The van der Waals surface area contributed by atoms with Crippen LogP contribution in [0.4, 0.5) is 0 Å². The van der Waals surface area contributed by atoms with Crippen molar-refractivity contribution in [2.45, 2.75) is 33.2 Å². The van der Waals surface area contributed by atoms with Crippen molar-refractivity contribution in [2.24, 2.45) is 10.9 Å². The second-order valence-electron chi connectivity index (χ2n) is 7.51. The van der Waals surface area contributed by atoms with Crippen molar-refractivity contribution in [2.75, 3.05) is 39.8 Å². The van der Waals surface area contributed by atoms with Crippen LogP contribution in [0.15, 0.2) is 39.7 Å². The first-order valence-corrected chi connectivity index (χ1v) is 10.4. The molecule has 0 aliphatic carbocycles. The smallest absolute Gasteiger partial charge is 0.208 e. The summed E-state index contributed by atoms with van der Waals surface area (Å²) in [6, 6.07) is 9.86. The molecule has 3 rings (SSSR count). The van der Waals surface area contributed by atoms with Gasteiger partial charge in [-0.05, 0) is 57.8 Å². The van der Waals surface area contributed by atoms with E-state index in [1.165, 1.54) is 12.8 Å². The summed E-state index contributed by atoms with van der Waals surface area (Å²) in [7, 11) is 1.80. The highest BCUT2D eigenvalue weighted by Gasteiger charge is 2.21. The van der Waals surface area contributed by atoms with Gasteiger partial charge < -0.3 is 19.8 Å². The summed E-state index contributed by atoms with van der Waals surface area (Å²) < 4.78 is 11.4. The number of hydrogen-bond donors (Lipinski definition) is 2. The average Bonchev–Trinajstić information content (AvgIpc) is 3.06.